The molecule has 6 heteroatoms. The molecule has 0 aliphatic rings. The Balaban J connectivity index is 3.50. The molecule has 1 atom stereocenters. The average molecular weight is 249 g/mol. The lowest BCUT2D eigenvalue weighted by Gasteiger charge is -2.08. The van der Waals surface area contributed by atoms with Gasteiger partial charge in [-0.25, -0.2) is 0 Å². The van der Waals surface area contributed by atoms with Crippen molar-refractivity contribution in [1.29, 1.82) is 0 Å². The maximum Gasteiger partial charge on any atom is 0.323 e. The summed E-state index contributed by atoms with van der Waals surface area (Å²) in [5.74, 6) is -0.161. The van der Waals surface area contributed by atoms with Crippen LogP contribution in [0.1, 0.15) is 19.8 Å². The minimum atomic E-state index is -0.682. The molecule has 0 aromatic heterocycles. The van der Waals surface area contributed by atoms with Gasteiger partial charge >= 0.3 is 11.9 Å². The lowest BCUT2D eigenvalue weighted by atomic mass is 10.4. The maximum absolute atomic E-state index is 11.1. The summed E-state index contributed by atoms with van der Waals surface area (Å²) in [7, 11) is 1.28. The predicted octanol–water partition coefficient (Wildman–Crippen LogP) is 0.563. The van der Waals surface area contributed by atoms with Gasteiger partial charge in [0.1, 0.15) is 6.04 Å². The van der Waals surface area contributed by atoms with E-state index in [0.717, 1.165) is 12.8 Å². The van der Waals surface area contributed by atoms with E-state index in [4.69, 9.17) is 10.5 Å². The van der Waals surface area contributed by atoms with Crippen molar-refractivity contribution in [3.8, 4) is 0 Å². The van der Waals surface area contributed by atoms with Gasteiger partial charge in [0.2, 0.25) is 0 Å². The van der Waals surface area contributed by atoms with Crippen molar-refractivity contribution in [3.05, 3.63) is 0 Å². The molecule has 0 aliphatic carbocycles. The van der Waals surface area contributed by atoms with E-state index < -0.39 is 12.0 Å². The third-order valence-corrected chi connectivity index (χ3v) is 2.82. The van der Waals surface area contributed by atoms with Gasteiger partial charge in [-0.1, -0.05) is 13.3 Å². The molecule has 0 rings (SSSR count). The van der Waals surface area contributed by atoms with E-state index in [0.29, 0.717) is 12.4 Å². The van der Waals surface area contributed by atoms with Gasteiger partial charge in [0.15, 0.2) is 0 Å². The van der Waals surface area contributed by atoms with E-state index >= 15 is 0 Å². The summed E-state index contributed by atoms with van der Waals surface area (Å²) < 4.78 is 9.39. The Morgan fingerprint density at radius 3 is 2.69 bits per heavy atom. The Bertz CT molecular complexity index is 223. The topological polar surface area (TPSA) is 78.6 Å². The molecule has 0 radical (unpaired) electrons. The number of ether oxygens (including phenoxy) is 2. The van der Waals surface area contributed by atoms with Crippen LogP contribution in [0.2, 0.25) is 0 Å². The van der Waals surface area contributed by atoms with Crippen LogP contribution >= 0.6 is 11.8 Å². The van der Waals surface area contributed by atoms with Gasteiger partial charge < -0.3 is 15.2 Å². The normalized spacial score (nSPS) is 11.9. The van der Waals surface area contributed by atoms with Crippen LogP contribution < -0.4 is 5.73 Å². The highest BCUT2D eigenvalue weighted by molar-refractivity contribution is 8.00. The Morgan fingerprint density at radius 1 is 1.44 bits per heavy atom. The van der Waals surface area contributed by atoms with E-state index in [1.807, 2.05) is 6.92 Å². The minimum absolute atomic E-state index is 0.217. The summed E-state index contributed by atoms with van der Waals surface area (Å²) in [5.41, 5.74) is 5.49. The van der Waals surface area contributed by atoms with Gasteiger partial charge in [-0.3, -0.25) is 9.59 Å². The molecule has 0 aliphatic heterocycles. The van der Waals surface area contributed by atoms with Crippen LogP contribution in [0.25, 0.3) is 0 Å². The van der Waals surface area contributed by atoms with E-state index in [-0.39, 0.29) is 11.7 Å². The third kappa shape index (κ3) is 7.53. The van der Waals surface area contributed by atoms with Crippen LogP contribution in [-0.4, -0.2) is 43.2 Å². The molecule has 0 bridgehead atoms. The molecule has 0 saturated heterocycles. The molecule has 0 saturated carbocycles. The highest BCUT2D eigenvalue weighted by Crippen LogP contribution is 2.04. The number of hydrogen-bond acceptors (Lipinski definition) is 6. The molecule has 94 valence electrons. The first-order valence-electron chi connectivity index (χ1n) is 5.18. The Labute approximate surface area is 100 Å². The first-order chi connectivity index (χ1) is 7.61. The van der Waals surface area contributed by atoms with Crippen molar-refractivity contribution in [2.75, 3.05) is 25.2 Å². The van der Waals surface area contributed by atoms with Crippen molar-refractivity contribution in [3.63, 3.8) is 0 Å². The van der Waals surface area contributed by atoms with E-state index in [9.17, 15) is 9.59 Å². The summed E-state index contributed by atoms with van der Waals surface area (Å²) in [6.07, 6.45) is 1.87. The van der Waals surface area contributed by atoms with Gasteiger partial charge in [-0.05, 0) is 6.42 Å². The summed E-state index contributed by atoms with van der Waals surface area (Å²) >= 11 is 1.27. The van der Waals surface area contributed by atoms with Crippen molar-refractivity contribution in [1.82, 2.24) is 0 Å². The molecule has 1 unspecified atom stereocenters. The van der Waals surface area contributed by atoms with Gasteiger partial charge in [0.25, 0.3) is 0 Å². The molecule has 5 nitrogen and oxygen atoms in total. The number of rotatable bonds is 8. The van der Waals surface area contributed by atoms with Crippen LogP contribution in [0.5, 0.6) is 0 Å². The lowest BCUT2D eigenvalue weighted by Crippen LogP contribution is -2.34. The number of nitrogens with two attached hydrogens (primary N) is 1. The number of methoxy groups -OCH3 is 1. The number of thioether (sulfide) groups is 1. The molecule has 16 heavy (non-hydrogen) atoms. The first kappa shape index (κ1) is 15.2. The molecular formula is C10H19NO4S. The molecule has 0 fully saturated rings. The van der Waals surface area contributed by atoms with E-state index in [1.165, 1.54) is 18.9 Å². The van der Waals surface area contributed by atoms with Crippen molar-refractivity contribution < 1.29 is 19.1 Å². The van der Waals surface area contributed by atoms with Gasteiger partial charge in [0.05, 0.1) is 19.5 Å². The second kappa shape index (κ2) is 9.47. The predicted molar refractivity (Wildman–Crippen MR) is 63.2 cm³/mol. The van der Waals surface area contributed by atoms with Crippen LogP contribution in [0.4, 0.5) is 0 Å². The largest absolute Gasteiger partial charge is 0.468 e. The van der Waals surface area contributed by atoms with Crippen molar-refractivity contribution >= 4 is 23.7 Å². The smallest absolute Gasteiger partial charge is 0.323 e. The van der Waals surface area contributed by atoms with Gasteiger partial charge in [-0.2, -0.15) is 0 Å². The Hall–Kier alpha value is -0.750. The molecule has 0 heterocycles. The quantitative estimate of drug-likeness (QED) is 0.500. The molecule has 0 aromatic rings. The molecule has 0 aromatic carbocycles. The highest BCUT2D eigenvalue weighted by Gasteiger charge is 2.14. The Morgan fingerprint density at radius 2 is 2.12 bits per heavy atom. The monoisotopic (exact) mass is 249 g/mol. The van der Waals surface area contributed by atoms with Gasteiger partial charge in [0, 0.05) is 5.75 Å². The third-order valence-electron chi connectivity index (χ3n) is 1.78. The maximum atomic E-state index is 11.1. The van der Waals surface area contributed by atoms with Gasteiger partial charge in [-0.15, -0.1) is 11.8 Å². The fourth-order valence-corrected chi connectivity index (χ4v) is 1.62. The van der Waals surface area contributed by atoms with Crippen molar-refractivity contribution in [2.45, 2.75) is 25.8 Å². The number of unbranched alkanes of at least 4 members (excludes halogenated alkanes) is 1. The van der Waals surface area contributed by atoms with Crippen LogP contribution in [0, 0.1) is 0 Å². The fourth-order valence-electron chi connectivity index (χ4n) is 0.861. The minimum Gasteiger partial charge on any atom is -0.468 e. The average Bonchev–Trinajstić information content (AvgIpc) is 2.28. The van der Waals surface area contributed by atoms with Crippen LogP contribution in [0.15, 0.2) is 0 Å². The summed E-state index contributed by atoms with van der Waals surface area (Å²) in [4.78, 5) is 22.1. The first-order valence-corrected chi connectivity index (χ1v) is 6.34. The van der Waals surface area contributed by atoms with E-state index in [1.54, 1.807) is 0 Å². The SMILES string of the molecule is CCCCOC(=O)CSCC(N)C(=O)OC. The lowest BCUT2D eigenvalue weighted by molar-refractivity contribution is -0.142. The zero-order valence-corrected chi connectivity index (χ0v) is 10.5. The second-order valence-corrected chi connectivity index (χ2v) is 4.25. The zero-order valence-electron chi connectivity index (χ0n) is 9.73. The summed E-state index contributed by atoms with van der Waals surface area (Å²) in [5, 5.41) is 0. The highest BCUT2D eigenvalue weighted by atomic mass is 32.2. The molecule has 0 amide bonds. The number of carbonyl (C=O) groups is 2. The van der Waals surface area contributed by atoms with Crippen molar-refractivity contribution in [2.24, 2.45) is 5.73 Å². The second-order valence-electron chi connectivity index (χ2n) is 3.22. The van der Waals surface area contributed by atoms with Crippen LogP contribution in [-0.2, 0) is 19.1 Å². The van der Waals surface area contributed by atoms with E-state index in [2.05, 4.69) is 4.74 Å². The Kier molecular flexibility index (Phi) is 9.03. The number of esters is 2. The standard InChI is InChI=1S/C10H19NO4S/c1-3-4-5-15-9(12)7-16-6-8(11)10(13)14-2/h8H,3-7,11H2,1-2H3. The zero-order chi connectivity index (χ0) is 12.4. The number of carbonyl (C=O) groups excluding carboxylic acids is 2. The summed E-state index contributed by atoms with van der Waals surface area (Å²) in [6, 6.07) is -0.682. The fraction of sp³-hybridized carbons (Fsp3) is 0.800. The molecule has 0 spiro atoms. The van der Waals surface area contributed by atoms with Crippen LogP contribution in [0.3, 0.4) is 0 Å². The molecule has 2 N–H and O–H groups in total. The summed E-state index contributed by atoms with van der Waals surface area (Å²) in [6.45, 7) is 2.48. The number of hydrogen-bond donors (Lipinski definition) is 1. The molecular weight excluding hydrogens is 230 g/mol.